The highest BCUT2D eigenvalue weighted by molar-refractivity contribution is 7.92. The van der Waals surface area contributed by atoms with E-state index < -0.39 is 27.4 Å². The van der Waals surface area contributed by atoms with Gasteiger partial charge in [0.25, 0.3) is 10.0 Å². The molecule has 0 saturated carbocycles. The molecule has 0 bridgehead atoms. The Balaban J connectivity index is 2.08. The second-order valence-corrected chi connectivity index (χ2v) is 9.73. The molecular weight excluding hydrogens is 439 g/mol. The van der Waals surface area contributed by atoms with Crippen LogP contribution in [0.1, 0.15) is 25.0 Å². The van der Waals surface area contributed by atoms with Crippen molar-refractivity contribution in [1.82, 2.24) is 0 Å². The van der Waals surface area contributed by atoms with Gasteiger partial charge in [0.2, 0.25) is 5.60 Å². The number of sulfonamides is 1. The van der Waals surface area contributed by atoms with E-state index in [1.165, 1.54) is 52.8 Å². The molecule has 8 heteroatoms. The second-order valence-electron chi connectivity index (χ2n) is 7.86. The summed E-state index contributed by atoms with van der Waals surface area (Å²) in [4.78, 5) is 0.0841. The van der Waals surface area contributed by atoms with Crippen LogP contribution in [0.4, 0.5) is 18.9 Å². The molecule has 0 aromatic heterocycles. The van der Waals surface area contributed by atoms with Crippen molar-refractivity contribution in [2.45, 2.75) is 30.5 Å². The maximum atomic E-state index is 14.0. The molecule has 1 unspecified atom stereocenters. The molecule has 0 spiro atoms. The van der Waals surface area contributed by atoms with Crippen molar-refractivity contribution in [2.75, 3.05) is 10.8 Å². The molecule has 32 heavy (non-hydrogen) atoms. The number of anilines is 1. The predicted molar refractivity (Wildman–Crippen MR) is 118 cm³/mol. The predicted octanol–water partition coefficient (Wildman–Crippen LogP) is 5.34. The normalized spacial score (nSPS) is 14.2. The number of rotatable bonds is 7. The van der Waals surface area contributed by atoms with Gasteiger partial charge in [-0.3, -0.25) is 4.31 Å². The first-order valence-corrected chi connectivity index (χ1v) is 11.4. The van der Waals surface area contributed by atoms with E-state index in [0.717, 1.165) is 12.1 Å². The molecular formula is C24H24F3NO3S. The van der Waals surface area contributed by atoms with Crippen molar-refractivity contribution in [2.24, 2.45) is 5.92 Å². The Labute approximate surface area is 186 Å². The zero-order valence-corrected chi connectivity index (χ0v) is 18.4. The molecule has 0 aliphatic carbocycles. The van der Waals surface area contributed by atoms with Gasteiger partial charge in [-0.15, -0.1) is 0 Å². The first kappa shape index (κ1) is 23.8. The van der Waals surface area contributed by atoms with E-state index in [2.05, 4.69) is 0 Å². The third-order valence-electron chi connectivity index (χ3n) is 5.04. The number of aliphatic hydroxyl groups is 1. The van der Waals surface area contributed by atoms with Gasteiger partial charge in [0.15, 0.2) is 0 Å². The lowest BCUT2D eigenvalue weighted by atomic mass is 9.85. The van der Waals surface area contributed by atoms with Gasteiger partial charge in [-0.2, -0.15) is 13.2 Å². The zero-order chi connectivity index (χ0) is 23.6. The Kier molecular flexibility index (Phi) is 6.67. The number of halogens is 3. The Hall–Kier alpha value is -2.84. The minimum atomic E-state index is -4.98. The topological polar surface area (TPSA) is 57.6 Å². The number of benzene rings is 3. The second kappa shape index (κ2) is 8.96. The number of alkyl halides is 3. The van der Waals surface area contributed by atoms with Gasteiger partial charge in [-0.05, 0) is 41.3 Å². The monoisotopic (exact) mass is 463 g/mol. The Morgan fingerprint density at radius 1 is 0.812 bits per heavy atom. The summed E-state index contributed by atoms with van der Waals surface area (Å²) in [5.74, 6) is -0.0374. The first-order chi connectivity index (χ1) is 15.0. The lowest BCUT2D eigenvalue weighted by Crippen LogP contribution is -2.43. The van der Waals surface area contributed by atoms with Crippen LogP contribution < -0.4 is 4.31 Å². The van der Waals surface area contributed by atoms with E-state index in [1.807, 2.05) is 13.8 Å². The molecule has 0 saturated heterocycles. The summed E-state index contributed by atoms with van der Waals surface area (Å²) >= 11 is 0. The van der Waals surface area contributed by atoms with E-state index in [-0.39, 0.29) is 28.6 Å². The maximum Gasteiger partial charge on any atom is 0.425 e. The minimum absolute atomic E-state index is 0.0374. The smallest absolute Gasteiger partial charge is 0.372 e. The molecule has 0 heterocycles. The van der Waals surface area contributed by atoms with Gasteiger partial charge in [-0.25, -0.2) is 8.42 Å². The number of hydrogen-bond donors (Lipinski definition) is 1. The van der Waals surface area contributed by atoms with E-state index in [4.69, 9.17) is 0 Å². The third kappa shape index (κ3) is 4.52. The maximum absolute atomic E-state index is 14.0. The van der Waals surface area contributed by atoms with E-state index in [1.54, 1.807) is 24.3 Å². The largest absolute Gasteiger partial charge is 0.425 e. The average molecular weight is 464 g/mol. The van der Waals surface area contributed by atoms with Crippen LogP contribution in [0.3, 0.4) is 0 Å². The highest BCUT2D eigenvalue weighted by Crippen LogP contribution is 2.44. The Morgan fingerprint density at radius 3 is 1.75 bits per heavy atom. The molecule has 3 rings (SSSR count). The highest BCUT2D eigenvalue weighted by Gasteiger charge is 2.56. The lowest BCUT2D eigenvalue weighted by Gasteiger charge is -2.32. The van der Waals surface area contributed by atoms with E-state index >= 15 is 0 Å². The van der Waals surface area contributed by atoms with Crippen LogP contribution in [-0.4, -0.2) is 26.2 Å². The fourth-order valence-corrected chi connectivity index (χ4v) is 5.09. The minimum Gasteiger partial charge on any atom is -0.372 e. The van der Waals surface area contributed by atoms with Gasteiger partial charge in [-0.1, -0.05) is 74.5 Å². The molecule has 0 amide bonds. The summed E-state index contributed by atoms with van der Waals surface area (Å²) in [5.41, 5.74) is -3.74. The van der Waals surface area contributed by atoms with Crippen LogP contribution in [0.15, 0.2) is 89.8 Å². The molecule has 0 radical (unpaired) electrons. The van der Waals surface area contributed by atoms with E-state index in [9.17, 15) is 26.7 Å². The standard InChI is InChI=1S/C24H24F3NO3S/c1-18(2)17-28(32(30,31)22-11-7-4-8-12-22)21-15-13-20(14-16-21)23(29,24(25,26)27)19-9-5-3-6-10-19/h3-16,18,29H,17H2,1-2H3. The molecule has 3 aromatic carbocycles. The molecule has 3 aromatic rings. The van der Waals surface area contributed by atoms with E-state index in [0.29, 0.717) is 0 Å². The highest BCUT2D eigenvalue weighted by atomic mass is 32.2. The fourth-order valence-electron chi connectivity index (χ4n) is 3.44. The summed E-state index contributed by atoms with van der Waals surface area (Å²) in [6, 6.07) is 19.4. The summed E-state index contributed by atoms with van der Waals surface area (Å²) in [6.45, 7) is 3.83. The summed E-state index contributed by atoms with van der Waals surface area (Å²) in [5, 5.41) is 10.7. The van der Waals surface area contributed by atoms with Crippen LogP contribution in [0, 0.1) is 5.92 Å². The van der Waals surface area contributed by atoms with Crippen molar-refractivity contribution in [3.63, 3.8) is 0 Å². The fraction of sp³-hybridized carbons (Fsp3) is 0.250. The van der Waals surface area contributed by atoms with Gasteiger partial charge in [0.05, 0.1) is 10.6 Å². The van der Waals surface area contributed by atoms with Crippen LogP contribution in [-0.2, 0) is 15.6 Å². The molecule has 0 aliphatic heterocycles. The van der Waals surface area contributed by atoms with Crippen molar-refractivity contribution >= 4 is 15.7 Å². The first-order valence-electron chi connectivity index (χ1n) is 10.0. The van der Waals surface area contributed by atoms with Crippen molar-refractivity contribution < 1.29 is 26.7 Å². The van der Waals surface area contributed by atoms with Crippen LogP contribution in [0.2, 0.25) is 0 Å². The van der Waals surface area contributed by atoms with Gasteiger partial charge >= 0.3 is 6.18 Å². The summed E-state index contributed by atoms with van der Waals surface area (Å²) in [6.07, 6.45) is -4.98. The van der Waals surface area contributed by atoms with Crippen molar-refractivity contribution in [1.29, 1.82) is 0 Å². The molecule has 1 N–H and O–H groups in total. The summed E-state index contributed by atoms with van der Waals surface area (Å²) in [7, 11) is -3.93. The lowest BCUT2D eigenvalue weighted by molar-refractivity contribution is -0.248. The van der Waals surface area contributed by atoms with Crippen molar-refractivity contribution in [3.05, 3.63) is 96.1 Å². The molecule has 170 valence electrons. The molecule has 4 nitrogen and oxygen atoms in total. The Morgan fingerprint density at radius 2 is 1.28 bits per heavy atom. The number of hydrogen-bond acceptors (Lipinski definition) is 3. The van der Waals surface area contributed by atoms with Crippen LogP contribution >= 0.6 is 0 Å². The van der Waals surface area contributed by atoms with Crippen LogP contribution in [0.25, 0.3) is 0 Å². The zero-order valence-electron chi connectivity index (χ0n) is 17.6. The SMILES string of the molecule is CC(C)CN(c1ccc(C(O)(c2ccccc2)C(F)(F)F)cc1)S(=O)(=O)c1ccccc1. The Bertz CT molecular complexity index is 1130. The average Bonchev–Trinajstić information content (AvgIpc) is 2.77. The van der Waals surface area contributed by atoms with Gasteiger partial charge in [0, 0.05) is 6.54 Å². The van der Waals surface area contributed by atoms with Gasteiger partial charge in [0.1, 0.15) is 0 Å². The summed E-state index contributed by atoms with van der Waals surface area (Å²) < 4.78 is 69.5. The third-order valence-corrected chi connectivity index (χ3v) is 6.85. The molecule has 1 atom stereocenters. The molecule has 0 aliphatic rings. The quantitative estimate of drug-likeness (QED) is 0.515. The molecule has 0 fully saturated rings. The van der Waals surface area contributed by atoms with Crippen LogP contribution in [0.5, 0.6) is 0 Å². The van der Waals surface area contributed by atoms with Crippen molar-refractivity contribution in [3.8, 4) is 0 Å². The number of nitrogens with zero attached hydrogens (tertiary/aromatic N) is 1. The van der Waals surface area contributed by atoms with Gasteiger partial charge < -0.3 is 5.11 Å².